The second kappa shape index (κ2) is 10.4. The van der Waals surface area contributed by atoms with Crippen molar-refractivity contribution in [3.63, 3.8) is 0 Å². The van der Waals surface area contributed by atoms with Gasteiger partial charge in [-0.05, 0) is 56.4 Å². The van der Waals surface area contributed by atoms with Crippen LogP contribution < -0.4 is 14.8 Å². The fourth-order valence-electron chi connectivity index (χ4n) is 3.42. The fraction of sp³-hybridized carbons (Fsp3) is 0.478. The topological polar surface area (TPSA) is 60.5 Å². The minimum atomic E-state index is -0.508. The lowest BCUT2D eigenvalue weighted by atomic mass is 9.86. The molecule has 1 amide bonds. The highest BCUT2D eigenvalue weighted by Gasteiger charge is 2.31. The SMILES string of the molecule is CC(C)(CCOc1ccc(Cl)cc1)C(=O)NC1CCC(Oc2cncc(Cl)c2)CC1. The van der Waals surface area contributed by atoms with Crippen molar-refractivity contribution in [2.75, 3.05) is 6.61 Å². The summed E-state index contributed by atoms with van der Waals surface area (Å²) in [4.78, 5) is 16.8. The first-order valence-corrected chi connectivity index (χ1v) is 11.0. The summed E-state index contributed by atoms with van der Waals surface area (Å²) in [6.07, 6.45) is 7.57. The van der Waals surface area contributed by atoms with Gasteiger partial charge < -0.3 is 14.8 Å². The van der Waals surface area contributed by atoms with E-state index >= 15 is 0 Å². The van der Waals surface area contributed by atoms with E-state index in [0.29, 0.717) is 28.8 Å². The number of hydrogen-bond donors (Lipinski definition) is 1. The second-order valence-electron chi connectivity index (χ2n) is 8.34. The van der Waals surface area contributed by atoms with Crippen molar-refractivity contribution in [2.24, 2.45) is 5.41 Å². The molecule has 1 aliphatic carbocycles. The Labute approximate surface area is 188 Å². The monoisotopic (exact) mass is 450 g/mol. The number of amides is 1. The molecule has 0 unspecified atom stereocenters. The highest BCUT2D eigenvalue weighted by molar-refractivity contribution is 6.30. The quantitative estimate of drug-likeness (QED) is 0.560. The molecule has 1 aromatic heterocycles. The summed E-state index contributed by atoms with van der Waals surface area (Å²) in [7, 11) is 0. The van der Waals surface area contributed by atoms with Crippen LogP contribution in [0.1, 0.15) is 46.0 Å². The molecule has 162 valence electrons. The first-order valence-electron chi connectivity index (χ1n) is 10.3. The molecule has 1 aliphatic rings. The molecule has 1 fully saturated rings. The van der Waals surface area contributed by atoms with Gasteiger partial charge in [0.15, 0.2) is 0 Å². The zero-order valence-corrected chi connectivity index (χ0v) is 18.9. The highest BCUT2D eigenvalue weighted by Crippen LogP contribution is 2.27. The van der Waals surface area contributed by atoms with Crippen molar-refractivity contribution in [3.8, 4) is 11.5 Å². The minimum absolute atomic E-state index is 0.0608. The zero-order valence-electron chi connectivity index (χ0n) is 17.4. The number of nitrogens with zero attached hydrogens (tertiary/aromatic N) is 1. The van der Waals surface area contributed by atoms with Crippen molar-refractivity contribution in [3.05, 3.63) is 52.8 Å². The minimum Gasteiger partial charge on any atom is -0.494 e. The Morgan fingerprint density at radius 1 is 1.07 bits per heavy atom. The van der Waals surface area contributed by atoms with Gasteiger partial charge in [0.25, 0.3) is 0 Å². The van der Waals surface area contributed by atoms with Gasteiger partial charge in [0, 0.05) is 28.7 Å². The number of benzene rings is 1. The zero-order chi connectivity index (χ0) is 21.6. The van der Waals surface area contributed by atoms with E-state index in [4.69, 9.17) is 32.7 Å². The van der Waals surface area contributed by atoms with Gasteiger partial charge in [-0.25, -0.2) is 0 Å². The van der Waals surface area contributed by atoms with Gasteiger partial charge in [-0.1, -0.05) is 37.0 Å². The van der Waals surface area contributed by atoms with Crippen LogP contribution in [0.3, 0.4) is 0 Å². The smallest absolute Gasteiger partial charge is 0.226 e. The first kappa shape index (κ1) is 22.7. The van der Waals surface area contributed by atoms with Crippen LogP contribution in [0.2, 0.25) is 10.0 Å². The largest absolute Gasteiger partial charge is 0.494 e. The third-order valence-electron chi connectivity index (χ3n) is 5.42. The van der Waals surface area contributed by atoms with E-state index in [9.17, 15) is 4.79 Å². The molecule has 0 aliphatic heterocycles. The maximum absolute atomic E-state index is 12.8. The summed E-state index contributed by atoms with van der Waals surface area (Å²) in [5, 5.41) is 4.45. The molecule has 0 atom stereocenters. The first-order chi connectivity index (χ1) is 14.3. The predicted octanol–water partition coefficient (Wildman–Crippen LogP) is 5.69. The standard InChI is InChI=1S/C23H28Cl2N2O3/c1-23(2,11-12-29-19-7-3-16(24)4-8-19)22(28)27-18-5-9-20(10-6-18)30-21-13-17(25)14-26-15-21/h3-4,7-8,13-15,18,20H,5-6,9-12H2,1-2H3,(H,27,28). The molecule has 1 aromatic carbocycles. The molecular formula is C23H28Cl2N2O3. The Kier molecular flexibility index (Phi) is 7.84. The number of halogens is 2. The van der Waals surface area contributed by atoms with Gasteiger partial charge in [0.2, 0.25) is 5.91 Å². The molecule has 2 aromatic rings. The molecule has 0 saturated heterocycles. The molecule has 7 heteroatoms. The summed E-state index contributed by atoms with van der Waals surface area (Å²) >= 11 is 11.8. The van der Waals surface area contributed by atoms with Crippen LogP contribution >= 0.6 is 23.2 Å². The van der Waals surface area contributed by atoms with Crippen molar-refractivity contribution in [1.82, 2.24) is 10.3 Å². The maximum Gasteiger partial charge on any atom is 0.226 e. The summed E-state index contributed by atoms with van der Waals surface area (Å²) in [6.45, 7) is 4.37. The van der Waals surface area contributed by atoms with Crippen molar-refractivity contribution in [1.29, 1.82) is 0 Å². The van der Waals surface area contributed by atoms with Gasteiger partial charge in [-0.15, -0.1) is 0 Å². The third kappa shape index (κ3) is 6.78. The normalized spacial score (nSPS) is 19.2. The number of ether oxygens (including phenoxy) is 2. The van der Waals surface area contributed by atoms with Crippen LogP contribution in [0.25, 0.3) is 0 Å². The number of nitrogens with one attached hydrogen (secondary N) is 1. The number of hydrogen-bond acceptors (Lipinski definition) is 4. The van der Waals surface area contributed by atoms with E-state index in [0.717, 1.165) is 31.4 Å². The van der Waals surface area contributed by atoms with Gasteiger partial charge in [0.1, 0.15) is 11.5 Å². The lowest BCUT2D eigenvalue weighted by Crippen LogP contribution is -2.45. The Bertz CT molecular complexity index is 835. The Balaban J connectivity index is 1.40. The molecular weight excluding hydrogens is 423 g/mol. The number of rotatable bonds is 8. The van der Waals surface area contributed by atoms with Gasteiger partial charge in [-0.3, -0.25) is 9.78 Å². The van der Waals surface area contributed by atoms with Crippen molar-refractivity contribution in [2.45, 2.75) is 58.1 Å². The molecule has 0 radical (unpaired) electrons. The number of carbonyl (C=O) groups excluding carboxylic acids is 1. The average Bonchev–Trinajstić information content (AvgIpc) is 2.71. The molecule has 0 spiro atoms. The van der Waals surface area contributed by atoms with E-state index in [2.05, 4.69) is 10.3 Å². The van der Waals surface area contributed by atoms with Crippen LogP contribution in [-0.4, -0.2) is 29.6 Å². The number of aromatic nitrogens is 1. The molecule has 0 bridgehead atoms. The van der Waals surface area contributed by atoms with E-state index in [-0.39, 0.29) is 18.1 Å². The van der Waals surface area contributed by atoms with Gasteiger partial charge in [0.05, 0.1) is 23.9 Å². The second-order valence-corrected chi connectivity index (χ2v) is 9.21. The average molecular weight is 451 g/mol. The summed E-state index contributed by atoms with van der Waals surface area (Å²) in [5.41, 5.74) is -0.508. The lowest BCUT2D eigenvalue weighted by molar-refractivity contribution is -0.131. The highest BCUT2D eigenvalue weighted by atomic mass is 35.5. The Hall–Kier alpha value is -1.98. The maximum atomic E-state index is 12.8. The van der Waals surface area contributed by atoms with Crippen LogP contribution in [0.4, 0.5) is 0 Å². The van der Waals surface area contributed by atoms with Crippen LogP contribution in [0, 0.1) is 5.41 Å². The summed E-state index contributed by atoms with van der Waals surface area (Å²) in [6, 6.07) is 9.18. The Morgan fingerprint density at radius 2 is 1.77 bits per heavy atom. The van der Waals surface area contributed by atoms with Crippen LogP contribution in [0.5, 0.6) is 11.5 Å². The van der Waals surface area contributed by atoms with Crippen LogP contribution in [0.15, 0.2) is 42.7 Å². The Morgan fingerprint density at radius 3 is 2.43 bits per heavy atom. The summed E-state index contributed by atoms with van der Waals surface area (Å²) < 4.78 is 11.7. The van der Waals surface area contributed by atoms with Crippen LogP contribution in [-0.2, 0) is 4.79 Å². The summed E-state index contributed by atoms with van der Waals surface area (Å²) in [5.74, 6) is 1.51. The number of carbonyl (C=O) groups is 1. The van der Waals surface area contributed by atoms with Gasteiger partial charge in [-0.2, -0.15) is 0 Å². The molecule has 1 heterocycles. The molecule has 5 nitrogen and oxygen atoms in total. The lowest BCUT2D eigenvalue weighted by Gasteiger charge is -2.32. The third-order valence-corrected chi connectivity index (χ3v) is 5.87. The van der Waals surface area contributed by atoms with E-state index in [1.165, 1.54) is 0 Å². The fourth-order valence-corrected chi connectivity index (χ4v) is 3.71. The molecule has 3 rings (SSSR count). The molecule has 30 heavy (non-hydrogen) atoms. The van der Waals surface area contributed by atoms with Crippen molar-refractivity contribution < 1.29 is 14.3 Å². The van der Waals surface area contributed by atoms with Crippen molar-refractivity contribution >= 4 is 29.1 Å². The number of pyridine rings is 1. The predicted molar refractivity (Wildman–Crippen MR) is 119 cm³/mol. The van der Waals surface area contributed by atoms with E-state index < -0.39 is 5.41 Å². The molecule has 1 N–H and O–H groups in total. The van der Waals surface area contributed by atoms with Gasteiger partial charge >= 0.3 is 0 Å². The van der Waals surface area contributed by atoms with E-state index in [1.807, 2.05) is 26.0 Å². The molecule has 1 saturated carbocycles. The van der Waals surface area contributed by atoms with E-state index in [1.54, 1.807) is 30.6 Å².